The van der Waals surface area contributed by atoms with Crippen LogP contribution in [0, 0.1) is 0 Å². The van der Waals surface area contributed by atoms with Gasteiger partial charge in [0.2, 0.25) is 5.91 Å². The Morgan fingerprint density at radius 2 is 2.06 bits per heavy atom. The van der Waals surface area contributed by atoms with Crippen LogP contribution in [0.15, 0.2) is 24.3 Å². The number of benzene rings is 1. The molecule has 0 heterocycles. The minimum absolute atomic E-state index is 0.134. The number of amides is 1. The average Bonchev–Trinajstić information content (AvgIpc) is 3.15. The Hall–Kier alpha value is -1.55. The van der Waals surface area contributed by atoms with Crippen molar-refractivity contribution in [1.29, 1.82) is 0 Å². The molecule has 1 fully saturated rings. The van der Waals surface area contributed by atoms with Crippen LogP contribution in [0.5, 0.6) is 0 Å². The third kappa shape index (κ3) is 4.04. The molecule has 4 heteroatoms. The van der Waals surface area contributed by atoms with Gasteiger partial charge in [-0.25, -0.2) is 0 Å². The molecule has 0 aromatic heterocycles. The van der Waals surface area contributed by atoms with Crippen molar-refractivity contribution < 1.29 is 4.79 Å². The Labute approximate surface area is 108 Å². The summed E-state index contributed by atoms with van der Waals surface area (Å²) in [7, 11) is 0. The first kappa shape index (κ1) is 12.9. The van der Waals surface area contributed by atoms with Gasteiger partial charge in [0.25, 0.3) is 0 Å². The van der Waals surface area contributed by atoms with Gasteiger partial charge in [-0.2, -0.15) is 0 Å². The lowest BCUT2D eigenvalue weighted by molar-refractivity contribution is -0.122. The Balaban J connectivity index is 1.83. The van der Waals surface area contributed by atoms with Crippen molar-refractivity contribution in [3.05, 3.63) is 29.8 Å². The monoisotopic (exact) mass is 247 g/mol. The molecule has 0 bridgehead atoms. The van der Waals surface area contributed by atoms with E-state index in [0.717, 1.165) is 31.6 Å². The molecule has 0 saturated heterocycles. The maximum atomic E-state index is 11.7. The summed E-state index contributed by atoms with van der Waals surface area (Å²) >= 11 is 0. The van der Waals surface area contributed by atoms with Gasteiger partial charge < -0.3 is 11.1 Å². The standard InChI is InChI=1S/C14H21N3O/c1-2-17(10-14(18)16-13-7-8-13)9-11-3-5-12(15)6-4-11/h3-6,13H,2,7-10,15H2,1H3,(H,16,18). The van der Waals surface area contributed by atoms with E-state index in [-0.39, 0.29) is 5.91 Å². The molecule has 1 aromatic carbocycles. The van der Waals surface area contributed by atoms with Crippen molar-refractivity contribution in [1.82, 2.24) is 10.2 Å². The molecule has 1 amide bonds. The number of hydrogen-bond donors (Lipinski definition) is 2. The van der Waals surface area contributed by atoms with Crippen LogP contribution in [-0.2, 0) is 11.3 Å². The number of nitrogens with zero attached hydrogens (tertiary/aromatic N) is 1. The fourth-order valence-corrected chi connectivity index (χ4v) is 1.86. The van der Waals surface area contributed by atoms with Gasteiger partial charge >= 0.3 is 0 Å². The Bertz CT molecular complexity index is 398. The molecule has 0 unspecified atom stereocenters. The van der Waals surface area contributed by atoms with Crippen molar-refractivity contribution in [3.8, 4) is 0 Å². The second kappa shape index (κ2) is 5.87. The van der Waals surface area contributed by atoms with Crippen molar-refractivity contribution in [2.75, 3.05) is 18.8 Å². The van der Waals surface area contributed by atoms with Crippen molar-refractivity contribution in [3.63, 3.8) is 0 Å². The minimum atomic E-state index is 0.134. The van der Waals surface area contributed by atoms with E-state index in [4.69, 9.17) is 5.73 Å². The maximum absolute atomic E-state index is 11.7. The molecule has 1 saturated carbocycles. The van der Waals surface area contributed by atoms with E-state index in [1.807, 2.05) is 24.3 Å². The maximum Gasteiger partial charge on any atom is 0.234 e. The number of nitrogen functional groups attached to an aromatic ring is 1. The van der Waals surface area contributed by atoms with Crippen LogP contribution < -0.4 is 11.1 Å². The minimum Gasteiger partial charge on any atom is -0.399 e. The fraction of sp³-hybridized carbons (Fsp3) is 0.500. The largest absolute Gasteiger partial charge is 0.399 e. The second-order valence-corrected chi connectivity index (χ2v) is 4.89. The summed E-state index contributed by atoms with van der Waals surface area (Å²) in [4.78, 5) is 13.9. The summed E-state index contributed by atoms with van der Waals surface area (Å²) < 4.78 is 0. The molecule has 2 rings (SSSR count). The number of rotatable bonds is 6. The van der Waals surface area contributed by atoms with Crippen molar-refractivity contribution in [2.45, 2.75) is 32.4 Å². The first-order valence-electron chi connectivity index (χ1n) is 6.53. The molecule has 0 radical (unpaired) electrons. The fourth-order valence-electron chi connectivity index (χ4n) is 1.86. The summed E-state index contributed by atoms with van der Waals surface area (Å²) in [6, 6.07) is 8.25. The molecule has 3 N–H and O–H groups in total. The molecule has 1 aliphatic rings. The second-order valence-electron chi connectivity index (χ2n) is 4.89. The highest BCUT2D eigenvalue weighted by molar-refractivity contribution is 5.78. The van der Waals surface area contributed by atoms with E-state index in [2.05, 4.69) is 17.1 Å². The number of carbonyl (C=O) groups excluding carboxylic acids is 1. The summed E-state index contributed by atoms with van der Waals surface area (Å²) in [6.45, 7) is 4.19. The van der Waals surface area contributed by atoms with Crippen LogP contribution in [0.4, 0.5) is 5.69 Å². The quantitative estimate of drug-likeness (QED) is 0.746. The normalized spacial score (nSPS) is 14.8. The molecule has 4 nitrogen and oxygen atoms in total. The van der Waals surface area contributed by atoms with Gasteiger partial charge in [0.05, 0.1) is 6.54 Å². The predicted molar refractivity (Wildman–Crippen MR) is 73.0 cm³/mol. The van der Waals surface area contributed by atoms with Crippen molar-refractivity contribution >= 4 is 11.6 Å². The van der Waals surface area contributed by atoms with Crippen LogP contribution in [0.1, 0.15) is 25.3 Å². The molecular weight excluding hydrogens is 226 g/mol. The van der Waals surface area contributed by atoms with Gasteiger partial charge in [0, 0.05) is 18.3 Å². The zero-order chi connectivity index (χ0) is 13.0. The third-order valence-electron chi connectivity index (χ3n) is 3.14. The first-order valence-corrected chi connectivity index (χ1v) is 6.53. The van der Waals surface area contributed by atoms with Gasteiger partial charge in [-0.1, -0.05) is 19.1 Å². The Morgan fingerprint density at radius 3 is 2.61 bits per heavy atom. The van der Waals surface area contributed by atoms with E-state index in [1.165, 1.54) is 5.56 Å². The highest BCUT2D eigenvalue weighted by Crippen LogP contribution is 2.18. The van der Waals surface area contributed by atoms with E-state index in [0.29, 0.717) is 12.6 Å². The number of hydrogen-bond acceptors (Lipinski definition) is 3. The third-order valence-corrected chi connectivity index (χ3v) is 3.14. The smallest absolute Gasteiger partial charge is 0.234 e. The molecule has 1 aliphatic carbocycles. The van der Waals surface area contributed by atoms with Crippen LogP contribution >= 0.6 is 0 Å². The topological polar surface area (TPSA) is 58.4 Å². The van der Waals surface area contributed by atoms with E-state index in [1.54, 1.807) is 0 Å². The Kier molecular flexibility index (Phi) is 4.20. The van der Waals surface area contributed by atoms with Gasteiger partial charge in [-0.05, 0) is 37.1 Å². The zero-order valence-corrected chi connectivity index (χ0v) is 10.9. The lowest BCUT2D eigenvalue weighted by Gasteiger charge is -2.20. The number of nitrogens with two attached hydrogens (primary N) is 1. The number of nitrogens with one attached hydrogen (secondary N) is 1. The SMILES string of the molecule is CCN(CC(=O)NC1CC1)Cc1ccc(N)cc1. The van der Waals surface area contributed by atoms with Gasteiger partial charge in [0.15, 0.2) is 0 Å². The number of anilines is 1. The molecule has 0 spiro atoms. The molecule has 98 valence electrons. The van der Waals surface area contributed by atoms with Gasteiger partial charge in [0.1, 0.15) is 0 Å². The number of carbonyl (C=O) groups is 1. The van der Waals surface area contributed by atoms with Crippen LogP contribution in [0.25, 0.3) is 0 Å². The van der Waals surface area contributed by atoms with E-state index >= 15 is 0 Å². The average molecular weight is 247 g/mol. The molecule has 1 aromatic rings. The van der Waals surface area contributed by atoms with E-state index < -0.39 is 0 Å². The van der Waals surface area contributed by atoms with Crippen LogP contribution in [0.3, 0.4) is 0 Å². The van der Waals surface area contributed by atoms with Gasteiger partial charge in [-0.15, -0.1) is 0 Å². The number of likely N-dealkylation sites (N-methyl/N-ethyl adjacent to an activating group) is 1. The molecular formula is C14H21N3O. The summed E-state index contributed by atoms with van der Waals surface area (Å²) in [5.74, 6) is 0.134. The highest BCUT2D eigenvalue weighted by Gasteiger charge is 2.23. The summed E-state index contributed by atoms with van der Waals surface area (Å²) in [5, 5.41) is 3.01. The lowest BCUT2D eigenvalue weighted by atomic mass is 10.2. The lowest BCUT2D eigenvalue weighted by Crippen LogP contribution is -2.37. The highest BCUT2D eigenvalue weighted by atomic mass is 16.2. The van der Waals surface area contributed by atoms with Crippen molar-refractivity contribution in [2.24, 2.45) is 0 Å². The first-order chi connectivity index (χ1) is 8.67. The molecule has 0 atom stereocenters. The summed E-state index contributed by atoms with van der Waals surface area (Å²) in [5.41, 5.74) is 7.61. The van der Waals surface area contributed by atoms with Crippen LogP contribution in [-0.4, -0.2) is 29.9 Å². The van der Waals surface area contributed by atoms with Gasteiger partial charge in [-0.3, -0.25) is 9.69 Å². The zero-order valence-electron chi connectivity index (χ0n) is 10.9. The molecule has 0 aliphatic heterocycles. The summed E-state index contributed by atoms with van der Waals surface area (Å²) in [6.07, 6.45) is 2.27. The van der Waals surface area contributed by atoms with Crippen LogP contribution in [0.2, 0.25) is 0 Å². The molecule has 18 heavy (non-hydrogen) atoms. The predicted octanol–water partition coefficient (Wildman–Crippen LogP) is 1.37. The Morgan fingerprint density at radius 1 is 1.39 bits per heavy atom. The van der Waals surface area contributed by atoms with E-state index in [9.17, 15) is 4.79 Å².